The highest BCUT2D eigenvalue weighted by molar-refractivity contribution is 5.82. The van der Waals surface area contributed by atoms with Crippen LogP contribution < -0.4 is 10.6 Å². The Morgan fingerprint density at radius 3 is 2.82 bits per heavy atom. The third kappa shape index (κ3) is 4.51. The van der Waals surface area contributed by atoms with E-state index in [2.05, 4.69) is 20.6 Å². The summed E-state index contributed by atoms with van der Waals surface area (Å²) in [5, 5.41) is 21.8. The number of rotatable bonds is 6. The first kappa shape index (κ1) is 13.0. The van der Waals surface area contributed by atoms with Crippen LogP contribution in [0.1, 0.15) is 5.82 Å². The lowest BCUT2D eigenvalue weighted by Crippen LogP contribution is -2.48. The minimum atomic E-state index is -1.29. The lowest BCUT2D eigenvalue weighted by molar-refractivity contribution is -0.140. The summed E-state index contributed by atoms with van der Waals surface area (Å²) in [6, 6.07) is -1.93. The van der Waals surface area contributed by atoms with Crippen LogP contribution in [0.25, 0.3) is 0 Å². The van der Waals surface area contributed by atoms with Gasteiger partial charge in [0.2, 0.25) is 0 Å². The fourth-order valence-corrected chi connectivity index (χ4v) is 1.12. The van der Waals surface area contributed by atoms with E-state index in [1.54, 1.807) is 12.4 Å². The van der Waals surface area contributed by atoms with Crippen molar-refractivity contribution in [3.8, 4) is 0 Å². The molecule has 1 rings (SSSR count). The number of aliphatic carboxylic acids is 1. The molecule has 94 valence electrons. The van der Waals surface area contributed by atoms with Crippen LogP contribution in [-0.2, 0) is 11.2 Å². The van der Waals surface area contributed by atoms with E-state index < -0.39 is 24.6 Å². The van der Waals surface area contributed by atoms with Gasteiger partial charge in [-0.2, -0.15) is 0 Å². The van der Waals surface area contributed by atoms with Gasteiger partial charge in [0.05, 0.1) is 6.61 Å². The Bertz CT molecular complexity index is 365. The number of imidazole rings is 1. The molecule has 0 aliphatic carbocycles. The highest BCUT2D eigenvalue weighted by Crippen LogP contribution is 1.88. The molecular formula is C9H14N4O4. The Morgan fingerprint density at radius 1 is 1.53 bits per heavy atom. The van der Waals surface area contributed by atoms with Gasteiger partial charge in [0.15, 0.2) is 6.04 Å². The number of hydrogen-bond acceptors (Lipinski definition) is 4. The number of urea groups is 1. The topological polar surface area (TPSA) is 127 Å². The van der Waals surface area contributed by atoms with Gasteiger partial charge in [-0.1, -0.05) is 0 Å². The zero-order valence-corrected chi connectivity index (χ0v) is 9.01. The van der Waals surface area contributed by atoms with E-state index in [4.69, 9.17) is 10.2 Å². The van der Waals surface area contributed by atoms with Gasteiger partial charge >= 0.3 is 12.0 Å². The van der Waals surface area contributed by atoms with Gasteiger partial charge in [0.1, 0.15) is 5.82 Å². The minimum absolute atomic E-state index is 0.317. The number of carbonyl (C=O) groups excluding carboxylic acids is 1. The van der Waals surface area contributed by atoms with Crippen molar-refractivity contribution < 1.29 is 19.8 Å². The average Bonchev–Trinajstić information content (AvgIpc) is 2.78. The first-order chi connectivity index (χ1) is 8.13. The summed E-state index contributed by atoms with van der Waals surface area (Å²) in [7, 11) is 0. The third-order valence-corrected chi connectivity index (χ3v) is 1.99. The molecule has 0 saturated carbocycles. The molecule has 1 aromatic heterocycles. The van der Waals surface area contributed by atoms with Crippen LogP contribution in [-0.4, -0.2) is 51.4 Å². The van der Waals surface area contributed by atoms with E-state index in [0.717, 1.165) is 5.82 Å². The van der Waals surface area contributed by atoms with Crippen LogP contribution in [0, 0.1) is 0 Å². The summed E-state index contributed by atoms with van der Waals surface area (Å²) in [5.41, 5.74) is 0. The molecule has 8 heteroatoms. The van der Waals surface area contributed by atoms with Gasteiger partial charge in [-0.25, -0.2) is 14.6 Å². The number of hydrogen-bond donors (Lipinski definition) is 5. The highest BCUT2D eigenvalue weighted by Gasteiger charge is 2.18. The molecule has 1 atom stereocenters. The Labute approximate surface area is 97.1 Å². The predicted molar refractivity (Wildman–Crippen MR) is 57.3 cm³/mol. The summed E-state index contributed by atoms with van der Waals surface area (Å²) in [4.78, 5) is 28.5. The number of aromatic nitrogens is 2. The van der Waals surface area contributed by atoms with E-state index >= 15 is 0 Å². The summed E-state index contributed by atoms with van der Waals surface area (Å²) in [6.45, 7) is -0.335. The van der Waals surface area contributed by atoms with Gasteiger partial charge in [0, 0.05) is 25.4 Å². The fourth-order valence-electron chi connectivity index (χ4n) is 1.12. The molecule has 1 aromatic rings. The third-order valence-electron chi connectivity index (χ3n) is 1.99. The van der Waals surface area contributed by atoms with Crippen molar-refractivity contribution in [2.45, 2.75) is 12.5 Å². The number of nitrogens with zero attached hydrogens (tertiary/aromatic N) is 1. The predicted octanol–water partition coefficient (Wildman–Crippen LogP) is -1.30. The Morgan fingerprint density at radius 2 is 2.29 bits per heavy atom. The molecule has 0 unspecified atom stereocenters. The van der Waals surface area contributed by atoms with Crippen LogP contribution in [0.3, 0.4) is 0 Å². The van der Waals surface area contributed by atoms with E-state index in [1.807, 2.05) is 0 Å². The second kappa shape index (κ2) is 6.48. The van der Waals surface area contributed by atoms with Gasteiger partial charge in [-0.15, -0.1) is 0 Å². The SMILES string of the molecule is O=C(NCCc1ncc[nH]1)N[C@H](CO)C(=O)O. The molecule has 0 saturated heterocycles. The Kier molecular flexibility index (Phi) is 4.95. The van der Waals surface area contributed by atoms with E-state index in [0.29, 0.717) is 13.0 Å². The number of carboxylic acid groups (broad SMARTS) is 1. The number of amides is 2. The van der Waals surface area contributed by atoms with Gasteiger partial charge < -0.3 is 25.8 Å². The Hall–Kier alpha value is -2.09. The molecule has 0 aliphatic rings. The second-order valence-corrected chi connectivity index (χ2v) is 3.26. The fraction of sp³-hybridized carbons (Fsp3) is 0.444. The maximum absolute atomic E-state index is 11.2. The van der Waals surface area contributed by atoms with Crippen molar-refractivity contribution in [1.82, 2.24) is 20.6 Å². The quantitative estimate of drug-likeness (QED) is 0.423. The zero-order valence-electron chi connectivity index (χ0n) is 9.01. The Balaban J connectivity index is 2.23. The number of carbonyl (C=O) groups is 2. The summed E-state index contributed by atoms with van der Waals surface area (Å²) in [6.07, 6.45) is 3.78. The maximum atomic E-state index is 11.2. The number of aromatic amines is 1. The molecule has 2 amide bonds. The van der Waals surface area contributed by atoms with Crippen molar-refractivity contribution in [3.05, 3.63) is 18.2 Å². The lowest BCUT2D eigenvalue weighted by atomic mass is 10.3. The van der Waals surface area contributed by atoms with E-state index in [1.165, 1.54) is 0 Å². The largest absolute Gasteiger partial charge is 0.480 e. The maximum Gasteiger partial charge on any atom is 0.328 e. The molecule has 17 heavy (non-hydrogen) atoms. The van der Waals surface area contributed by atoms with Crippen LogP contribution in [0.5, 0.6) is 0 Å². The van der Waals surface area contributed by atoms with Crippen molar-refractivity contribution in [2.24, 2.45) is 0 Å². The van der Waals surface area contributed by atoms with Crippen LogP contribution in [0.4, 0.5) is 4.79 Å². The average molecular weight is 242 g/mol. The van der Waals surface area contributed by atoms with E-state index in [9.17, 15) is 9.59 Å². The summed E-state index contributed by atoms with van der Waals surface area (Å²) in [5.74, 6) is -0.559. The molecule has 0 radical (unpaired) electrons. The van der Waals surface area contributed by atoms with E-state index in [-0.39, 0.29) is 0 Å². The zero-order chi connectivity index (χ0) is 12.7. The van der Waals surface area contributed by atoms with Crippen LogP contribution in [0.2, 0.25) is 0 Å². The molecule has 0 aliphatic heterocycles. The van der Waals surface area contributed by atoms with Crippen LogP contribution >= 0.6 is 0 Å². The smallest absolute Gasteiger partial charge is 0.328 e. The second-order valence-electron chi connectivity index (χ2n) is 3.26. The van der Waals surface area contributed by atoms with Gasteiger partial charge in [0.25, 0.3) is 0 Å². The minimum Gasteiger partial charge on any atom is -0.480 e. The summed E-state index contributed by atoms with van der Waals surface area (Å²) < 4.78 is 0. The number of aliphatic hydroxyl groups is 1. The standard InChI is InChI=1S/C9H14N4O4/c14-5-6(8(15)16)13-9(17)12-2-1-7-10-3-4-11-7/h3-4,6,14H,1-2,5H2,(H,10,11)(H,15,16)(H2,12,13,17)/t6-/m1/s1. The molecule has 5 N–H and O–H groups in total. The van der Waals surface area contributed by atoms with Crippen molar-refractivity contribution in [3.63, 3.8) is 0 Å². The molecule has 0 fully saturated rings. The molecule has 0 aromatic carbocycles. The number of nitrogens with one attached hydrogen (secondary N) is 3. The molecule has 0 bridgehead atoms. The number of carboxylic acids is 1. The first-order valence-corrected chi connectivity index (χ1v) is 4.99. The van der Waals surface area contributed by atoms with Gasteiger partial charge in [-0.3, -0.25) is 0 Å². The normalized spacial score (nSPS) is 11.8. The van der Waals surface area contributed by atoms with Crippen molar-refractivity contribution in [1.29, 1.82) is 0 Å². The highest BCUT2D eigenvalue weighted by atomic mass is 16.4. The first-order valence-electron chi connectivity index (χ1n) is 4.99. The van der Waals surface area contributed by atoms with Crippen molar-refractivity contribution in [2.75, 3.05) is 13.2 Å². The molecule has 1 heterocycles. The summed E-state index contributed by atoms with van der Waals surface area (Å²) >= 11 is 0. The lowest BCUT2D eigenvalue weighted by Gasteiger charge is -2.12. The number of aliphatic hydroxyl groups excluding tert-OH is 1. The van der Waals surface area contributed by atoms with Gasteiger partial charge in [-0.05, 0) is 0 Å². The van der Waals surface area contributed by atoms with Crippen LogP contribution in [0.15, 0.2) is 12.4 Å². The monoisotopic (exact) mass is 242 g/mol. The molecule has 0 spiro atoms. The molecular weight excluding hydrogens is 228 g/mol. The molecule has 8 nitrogen and oxygen atoms in total. The number of H-pyrrole nitrogens is 1. The van der Waals surface area contributed by atoms with Crippen molar-refractivity contribution >= 4 is 12.0 Å².